The Labute approximate surface area is 128 Å². The molecule has 0 aliphatic rings. The molecule has 0 spiro atoms. The van der Waals surface area contributed by atoms with Crippen LogP contribution in [0.5, 0.6) is 0 Å². The fraction of sp³-hybridized carbons (Fsp3) is 0.0667. The molecule has 3 rings (SSSR count). The molecule has 8 heteroatoms. The zero-order valence-corrected chi connectivity index (χ0v) is 11.5. The molecule has 23 heavy (non-hydrogen) atoms. The van der Waals surface area contributed by atoms with Gasteiger partial charge in [0.05, 0.1) is 22.0 Å². The van der Waals surface area contributed by atoms with Gasteiger partial charge in [-0.1, -0.05) is 0 Å². The summed E-state index contributed by atoms with van der Waals surface area (Å²) in [7, 11) is 0. The van der Waals surface area contributed by atoms with Crippen molar-refractivity contribution in [1.82, 2.24) is 9.55 Å². The van der Waals surface area contributed by atoms with Gasteiger partial charge in [0.1, 0.15) is 12.4 Å². The Bertz CT molecular complexity index is 958. The molecule has 0 unspecified atom stereocenters. The van der Waals surface area contributed by atoms with Gasteiger partial charge in [-0.05, 0) is 12.1 Å². The van der Waals surface area contributed by atoms with Gasteiger partial charge in [0.2, 0.25) is 0 Å². The van der Waals surface area contributed by atoms with Crippen LogP contribution >= 0.6 is 0 Å². The maximum Gasteiger partial charge on any atom is 0.269 e. The van der Waals surface area contributed by atoms with E-state index in [-0.39, 0.29) is 23.3 Å². The highest BCUT2D eigenvalue weighted by atomic mass is 19.2. The van der Waals surface area contributed by atoms with Crippen molar-refractivity contribution in [1.29, 1.82) is 5.26 Å². The number of nitriles is 1. The first-order valence-corrected chi connectivity index (χ1v) is 6.48. The first-order valence-electron chi connectivity index (χ1n) is 6.48. The number of non-ortho nitro benzene ring substituents is 1. The molecular weight excluding hydrogens is 306 g/mol. The SMILES string of the molecule is N#CCn1c(-c2ccc([N+](=O)[O-])cc2)nc2cc(F)c(F)cc21. The predicted molar refractivity (Wildman–Crippen MR) is 77.4 cm³/mol. The number of benzene rings is 2. The predicted octanol–water partition coefficient (Wildman–Crippen LogP) is 3.41. The van der Waals surface area contributed by atoms with E-state index < -0.39 is 16.6 Å². The third-order valence-corrected chi connectivity index (χ3v) is 3.36. The second-order valence-electron chi connectivity index (χ2n) is 4.74. The van der Waals surface area contributed by atoms with Crippen LogP contribution in [0.15, 0.2) is 36.4 Å². The average Bonchev–Trinajstić information content (AvgIpc) is 2.86. The smallest absolute Gasteiger partial charge is 0.269 e. The Balaban J connectivity index is 2.21. The van der Waals surface area contributed by atoms with Crippen molar-refractivity contribution in [2.45, 2.75) is 6.54 Å². The van der Waals surface area contributed by atoms with Gasteiger partial charge < -0.3 is 4.57 Å². The molecule has 0 aliphatic carbocycles. The quantitative estimate of drug-likeness (QED) is 0.547. The van der Waals surface area contributed by atoms with Crippen molar-refractivity contribution >= 4 is 16.7 Å². The summed E-state index contributed by atoms with van der Waals surface area (Å²) in [6.07, 6.45) is 0. The number of aromatic nitrogens is 2. The molecule has 0 amide bonds. The van der Waals surface area contributed by atoms with Gasteiger partial charge in [0.25, 0.3) is 5.69 Å². The molecule has 0 saturated heterocycles. The van der Waals surface area contributed by atoms with Crippen LogP contribution in [-0.2, 0) is 6.54 Å². The lowest BCUT2D eigenvalue weighted by Gasteiger charge is -2.04. The lowest BCUT2D eigenvalue weighted by Crippen LogP contribution is -1.99. The van der Waals surface area contributed by atoms with Crippen LogP contribution in [0.2, 0.25) is 0 Å². The van der Waals surface area contributed by atoms with Gasteiger partial charge in [0.15, 0.2) is 11.6 Å². The number of hydrogen-bond acceptors (Lipinski definition) is 4. The molecular formula is C15H8F2N4O2. The van der Waals surface area contributed by atoms with Crippen LogP contribution in [0, 0.1) is 33.1 Å². The van der Waals surface area contributed by atoms with E-state index in [0.29, 0.717) is 11.4 Å². The lowest BCUT2D eigenvalue weighted by atomic mass is 10.2. The van der Waals surface area contributed by atoms with Gasteiger partial charge in [-0.2, -0.15) is 5.26 Å². The van der Waals surface area contributed by atoms with Crippen molar-refractivity contribution in [2.24, 2.45) is 0 Å². The van der Waals surface area contributed by atoms with E-state index in [1.54, 1.807) is 0 Å². The van der Waals surface area contributed by atoms with Gasteiger partial charge in [-0.3, -0.25) is 10.1 Å². The van der Waals surface area contributed by atoms with E-state index in [1.165, 1.54) is 28.8 Å². The normalized spacial score (nSPS) is 10.7. The van der Waals surface area contributed by atoms with Crippen LogP contribution in [-0.4, -0.2) is 14.5 Å². The minimum atomic E-state index is -1.04. The topological polar surface area (TPSA) is 84.8 Å². The maximum absolute atomic E-state index is 13.4. The van der Waals surface area contributed by atoms with E-state index in [1.807, 2.05) is 6.07 Å². The highest BCUT2D eigenvalue weighted by Crippen LogP contribution is 2.27. The maximum atomic E-state index is 13.4. The summed E-state index contributed by atoms with van der Waals surface area (Å²) >= 11 is 0. The molecule has 2 aromatic carbocycles. The van der Waals surface area contributed by atoms with E-state index in [0.717, 1.165) is 12.1 Å². The molecule has 0 aliphatic heterocycles. The molecule has 0 fully saturated rings. The number of nitrogens with zero attached hydrogens (tertiary/aromatic N) is 4. The number of fused-ring (bicyclic) bond motifs is 1. The van der Waals surface area contributed by atoms with Gasteiger partial charge in [-0.25, -0.2) is 13.8 Å². The summed E-state index contributed by atoms with van der Waals surface area (Å²) < 4.78 is 28.2. The molecule has 0 radical (unpaired) electrons. The van der Waals surface area contributed by atoms with Crippen molar-refractivity contribution in [2.75, 3.05) is 0 Å². The van der Waals surface area contributed by atoms with Crippen LogP contribution in [0.1, 0.15) is 0 Å². The Hall–Kier alpha value is -3.34. The summed E-state index contributed by atoms with van der Waals surface area (Å²) in [5.41, 5.74) is 0.892. The summed E-state index contributed by atoms with van der Waals surface area (Å²) in [6, 6.07) is 9.40. The first kappa shape index (κ1) is 14.6. The molecule has 0 saturated carbocycles. The summed E-state index contributed by atoms with van der Waals surface area (Å²) in [4.78, 5) is 14.4. The van der Waals surface area contributed by atoms with E-state index in [4.69, 9.17) is 5.26 Å². The van der Waals surface area contributed by atoms with Crippen molar-refractivity contribution < 1.29 is 13.7 Å². The second kappa shape index (κ2) is 5.46. The van der Waals surface area contributed by atoms with Gasteiger partial charge in [-0.15, -0.1) is 0 Å². The third-order valence-electron chi connectivity index (χ3n) is 3.36. The summed E-state index contributed by atoms with van der Waals surface area (Å²) in [5.74, 6) is -1.76. The standard InChI is InChI=1S/C15H8F2N4O2/c16-11-7-13-14(8-12(11)17)20(6-5-18)15(19-13)9-1-3-10(4-2-9)21(22)23/h1-4,7-8H,6H2. The van der Waals surface area contributed by atoms with Crippen LogP contribution in [0.3, 0.4) is 0 Å². The Morgan fingerprint density at radius 3 is 2.48 bits per heavy atom. The minimum absolute atomic E-state index is 0.0891. The Kier molecular flexibility index (Phi) is 3.46. The van der Waals surface area contributed by atoms with Crippen LogP contribution < -0.4 is 0 Å². The number of nitro groups is 1. The number of hydrogen-bond donors (Lipinski definition) is 0. The molecule has 6 nitrogen and oxygen atoms in total. The molecule has 0 N–H and O–H groups in total. The van der Waals surface area contributed by atoms with Crippen molar-refractivity contribution in [3.63, 3.8) is 0 Å². The molecule has 0 atom stereocenters. The van der Waals surface area contributed by atoms with Gasteiger partial charge >= 0.3 is 0 Å². The second-order valence-corrected chi connectivity index (χ2v) is 4.74. The Morgan fingerprint density at radius 2 is 1.87 bits per heavy atom. The molecule has 3 aromatic rings. The summed E-state index contributed by atoms with van der Waals surface area (Å²) in [6.45, 7) is -0.117. The zero-order chi connectivity index (χ0) is 16.6. The van der Waals surface area contributed by atoms with Crippen molar-refractivity contribution in [3.05, 3.63) is 58.1 Å². The fourth-order valence-electron chi connectivity index (χ4n) is 2.30. The summed E-state index contributed by atoms with van der Waals surface area (Å²) in [5, 5.41) is 19.6. The zero-order valence-electron chi connectivity index (χ0n) is 11.5. The van der Waals surface area contributed by atoms with Crippen molar-refractivity contribution in [3.8, 4) is 17.5 Å². The largest absolute Gasteiger partial charge is 0.310 e. The lowest BCUT2D eigenvalue weighted by molar-refractivity contribution is -0.384. The first-order chi connectivity index (χ1) is 11.0. The number of nitro benzene ring substituents is 1. The minimum Gasteiger partial charge on any atom is -0.310 e. The highest BCUT2D eigenvalue weighted by Gasteiger charge is 2.16. The van der Waals surface area contributed by atoms with Crippen LogP contribution in [0.25, 0.3) is 22.4 Å². The average molecular weight is 314 g/mol. The molecule has 0 bridgehead atoms. The van der Waals surface area contributed by atoms with Crippen LogP contribution in [0.4, 0.5) is 14.5 Å². The number of halogens is 2. The van der Waals surface area contributed by atoms with E-state index in [9.17, 15) is 18.9 Å². The Morgan fingerprint density at radius 1 is 1.22 bits per heavy atom. The number of rotatable bonds is 3. The molecule has 114 valence electrons. The molecule has 1 heterocycles. The third kappa shape index (κ3) is 2.48. The highest BCUT2D eigenvalue weighted by molar-refractivity contribution is 5.81. The fourth-order valence-corrected chi connectivity index (χ4v) is 2.30. The van der Waals surface area contributed by atoms with E-state index >= 15 is 0 Å². The number of imidazole rings is 1. The van der Waals surface area contributed by atoms with Gasteiger partial charge in [0, 0.05) is 29.8 Å². The monoisotopic (exact) mass is 314 g/mol. The van der Waals surface area contributed by atoms with E-state index in [2.05, 4.69) is 4.98 Å². The molecule has 1 aromatic heterocycles.